The van der Waals surface area contributed by atoms with E-state index in [4.69, 9.17) is 4.74 Å². The zero-order chi connectivity index (χ0) is 28.0. The number of likely N-dealkylation sites (tertiary alicyclic amines) is 1. The van der Waals surface area contributed by atoms with Crippen LogP contribution in [0.4, 0.5) is 13.2 Å². The fourth-order valence-corrected chi connectivity index (χ4v) is 6.31. The fourth-order valence-electron chi connectivity index (χ4n) is 6.31. The number of hydrogen-bond donors (Lipinski definition) is 0. The van der Waals surface area contributed by atoms with Gasteiger partial charge < -0.3 is 9.30 Å². The number of methoxy groups -OCH3 is 1. The molecule has 4 aromatic rings. The van der Waals surface area contributed by atoms with Crippen molar-refractivity contribution < 1.29 is 17.9 Å². The third-order valence-corrected chi connectivity index (χ3v) is 8.53. The van der Waals surface area contributed by atoms with Gasteiger partial charge in [-0.15, -0.1) is 10.2 Å². The fraction of sp³-hybridized carbons (Fsp3) is 0.483. The van der Waals surface area contributed by atoms with E-state index in [1.165, 1.54) is 16.8 Å². The van der Waals surface area contributed by atoms with Gasteiger partial charge in [0.05, 0.1) is 23.4 Å². The Morgan fingerprint density at radius 2 is 1.95 bits per heavy atom. The smallest absolute Gasteiger partial charge is 0.383 e. The van der Waals surface area contributed by atoms with Crippen LogP contribution in [0.15, 0.2) is 53.8 Å². The van der Waals surface area contributed by atoms with Gasteiger partial charge in [-0.25, -0.2) is 4.79 Å². The maximum absolute atomic E-state index is 14.3. The molecule has 40 heavy (non-hydrogen) atoms. The molecule has 2 atom stereocenters. The highest BCUT2D eigenvalue weighted by molar-refractivity contribution is 5.58. The molecular formula is C29H33F3N6O2. The number of ether oxygens (including phenoxy) is 1. The lowest BCUT2D eigenvalue weighted by Crippen LogP contribution is -2.32. The minimum atomic E-state index is -4.61. The average Bonchev–Trinajstić information content (AvgIpc) is 3.60. The maximum atomic E-state index is 14.3. The molecule has 0 amide bonds. The van der Waals surface area contributed by atoms with E-state index in [2.05, 4.69) is 15.1 Å². The molecular weight excluding hydrogens is 521 g/mol. The van der Waals surface area contributed by atoms with Crippen molar-refractivity contribution in [3.63, 3.8) is 0 Å². The highest BCUT2D eigenvalue weighted by Gasteiger charge is 2.36. The molecule has 3 aromatic heterocycles. The predicted molar refractivity (Wildman–Crippen MR) is 143 cm³/mol. The summed E-state index contributed by atoms with van der Waals surface area (Å²) < 4.78 is 52.5. The summed E-state index contributed by atoms with van der Waals surface area (Å²) in [6, 6.07) is 8.82. The van der Waals surface area contributed by atoms with Crippen molar-refractivity contribution in [2.24, 2.45) is 13.0 Å². The Bertz CT molecular complexity index is 1570. The van der Waals surface area contributed by atoms with Crippen molar-refractivity contribution in [3.8, 4) is 5.69 Å². The summed E-state index contributed by atoms with van der Waals surface area (Å²) in [5.41, 5.74) is 0.427. The second-order valence-corrected chi connectivity index (χ2v) is 11.1. The third-order valence-electron chi connectivity index (χ3n) is 8.53. The first-order valence-electron chi connectivity index (χ1n) is 13.8. The van der Waals surface area contributed by atoms with Crippen LogP contribution in [0.1, 0.15) is 60.5 Å². The first kappa shape index (κ1) is 26.8. The van der Waals surface area contributed by atoms with Gasteiger partial charge in [0.25, 0.3) is 0 Å². The lowest BCUT2D eigenvalue weighted by Gasteiger charge is -2.33. The molecule has 1 saturated heterocycles. The monoisotopic (exact) mass is 554 g/mol. The van der Waals surface area contributed by atoms with Gasteiger partial charge in [-0.1, -0.05) is 18.6 Å². The first-order valence-corrected chi connectivity index (χ1v) is 13.8. The lowest BCUT2D eigenvalue weighted by atomic mass is 9.72. The zero-order valence-corrected chi connectivity index (χ0v) is 22.6. The van der Waals surface area contributed by atoms with Crippen LogP contribution < -0.4 is 5.69 Å². The molecule has 1 aliphatic heterocycles. The zero-order valence-electron chi connectivity index (χ0n) is 22.6. The molecule has 2 aliphatic rings. The Kier molecular flexibility index (Phi) is 7.03. The van der Waals surface area contributed by atoms with Crippen LogP contribution in [0, 0.1) is 5.92 Å². The number of alkyl halides is 3. The van der Waals surface area contributed by atoms with E-state index in [1.807, 2.05) is 29.8 Å². The Morgan fingerprint density at radius 3 is 2.62 bits per heavy atom. The number of halogens is 3. The second kappa shape index (κ2) is 10.5. The van der Waals surface area contributed by atoms with E-state index in [9.17, 15) is 18.0 Å². The Morgan fingerprint density at radius 1 is 1.12 bits per heavy atom. The average molecular weight is 555 g/mol. The summed E-state index contributed by atoms with van der Waals surface area (Å²) in [4.78, 5) is 15.8. The molecule has 0 spiro atoms. The van der Waals surface area contributed by atoms with Crippen LogP contribution in [0.2, 0.25) is 0 Å². The Balaban J connectivity index is 1.42. The van der Waals surface area contributed by atoms with E-state index in [1.54, 1.807) is 25.7 Å². The molecule has 8 nitrogen and oxygen atoms in total. The van der Waals surface area contributed by atoms with Gasteiger partial charge in [0.1, 0.15) is 12.2 Å². The van der Waals surface area contributed by atoms with Crippen LogP contribution in [-0.4, -0.2) is 54.9 Å². The van der Waals surface area contributed by atoms with Crippen molar-refractivity contribution in [3.05, 3.63) is 82.1 Å². The number of imidazole rings is 1. The molecule has 1 aromatic carbocycles. The number of nitrogens with zero attached hydrogens (tertiary/aromatic N) is 6. The van der Waals surface area contributed by atoms with Gasteiger partial charge in [0.15, 0.2) is 0 Å². The van der Waals surface area contributed by atoms with Crippen molar-refractivity contribution in [1.82, 2.24) is 28.6 Å². The summed E-state index contributed by atoms with van der Waals surface area (Å²) in [7, 11) is 3.54. The topological polar surface area (TPSA) is 69.6 Å². The summed E-state index contributed by atoms with van der Waals surface area (Å²) >= 11 is 0. The van der Waals surface area contributed by atoms with Gasteiger partial charge in [-0.2, -0.15) is 13.2 Å². The third kappa shape index (κ3) is 4.85. The summed E-state index contributed by atoms with van der Waals surface area (Å²) in [6.07, 6.45) is 5.09. The molecule has 1 aliphatic carbocycles. The largest absolute Gasteiger partial charge is 0.418 e. The minimum absolute atomic E-state index is 0.00761. The van der Waals surface area contributed by atoms with Crippen LogP contribution in [0.5, 0.6) is 0 Å². The number of benzene rings is 1. The van der Waals surface area contributed by atoms with Crippen LogP contribution in [0.25, 0.3) is 11.2 Å². The molecule has 1 saturated carbocycles. The number of pyridine rings is 1. The van der Waals surface area contributed by atoms with E-state index < -0.39 is 17.4 Å². The van der Waals surface area contributed by atoms with Crippen molar-refractivity contribution in [2.75, 3.05) is 20.3 Å². The highest BCUT2D eigenvalue weighted by atomic mass is 19.4. The number of fused-ring (bicyclic) bond motifs is 1. The minimum Gasteiger partial charge on any atom is -0.383 e. The van der Waals surface area contributed by atoms with Gasteiger partial charge in [0.2, 0.25) is 0 Å². The van der Waals surface area contributed by atoms with Gasteiger partial charge in [0, 0.05) is 45.1 Å². The van der Waals surface area contributed by atoms with E-state index >= 15 is 0 Å². The SMILES string of the molecule is COC[C@H]1CCCN1Cc1cc(C(F)(F)F)c2cn(-c3cccc([C@H](c4nncn4C)C4CCC4)c3)c(=O)n2c1. The van der Waals surface area contributed by atoms with Gasteiger partial charge in [-0.3, -0.25) is 13.9 Å². The second-order valence-electron chi connectivity index (χ2n) is 11.1. The maximum Gasteiger partial charge on any atom is 0.418 e. The molecule has 0 N–H and O–H groups in total. The standard InChI is InChI=1S/C29H33F3N6O2/c1-35-18-33-34-27(35)26(20-6-3-7-20)21-8-4-9-22(13-21)37-16-25-24(29(30,31)32)12-19(15-38(25)28(37)39)14-36-11-5-10-23(36)17-40-2/h4,8-9,12-13,15-16,18,20,23,26H,3,5-7,10-11,14,17H2,1-2H3/t23-,26-/m1/s1. The molecule has 2 fully saturated rings. The molecule has 11 heteroatoms. The number of rotatable bonds is 8. The van der Waals surface area contributed by atoms with Gasteiger partial charge >= 0.3 is 11.9 Å². The first-order chi connectivity index (χ1) is 19.2. The van der Waals surface area contributed by atoms with E-state index in [0.29, 0.717) is 30.3 Å². The number of hydrogen-bond acceptors (Lipinski definition) is 5. The Labute approximate surface area is 230 Å². The number of aryl methyl sites for hydroxylation is 1. The van der Waals surface area contributed by atoms with Crippen LogP contribution in [0.3, 0.4) is 0 Å². The quantitative estimate of drug-likeness (QED) is 0.314. The number of aromatic nitrogens is 5. The van der Waals surface area contributed by atoms with Crippen molar-refractivity contribution in [1.29, 1.82) is 0 Å². The summed E-state index contributed by atoms with van der Waals surface area (Å²) in [6.45, 7) is 1.63. The van der Waals surface area contributed by atoms with Crippen LogP contribution in [-0.2, 0) is 24.5 Å². The van der Waals surface area contributed by atoms with Crippen molar-refractivity contribution in [2.45, 2.75) is 56.8 Å². The van der Waals surface area contributed by atoms with E-state index in [0.717, 1.165) is 54.4 Å². The van der Waals surface area contributed by atoms with E-state index in [-0.39, 0.29) is 17.5 Å². The molecule has 6 rings (SSSR count). The molecule has 0 unspecified atom stereocenters. The molecule has 0 radical (unpaired) electrons. The molecule has 212 valence electrons. The lowest BCUT2D eigenvalue weighted by molar-refractivity contribution is -0.136. The predicted octanol–water partition coefficient (Wildman–Crippen LogP) is 4.78. The summed E-state index contributed by atoms with van der Waals surface area (Å²) in [5, 5.41) is 8.42. The molecule has 0 bridgehead atoms. The highest BCUT2D eigenvalue weighted by Crippen LogP contribution is 2.43. The van der Waals surface area contributed by atoms with Gasteiger partial charge in [-0.05, 0) is 67.5 Å². The Hall–Kier alpha value is -3.44. The summed E-state index contributed by atoms with van der Waals surface area (Å²) in [5.74, 6) is 1.23. The van der Waals surface area contributed by atoms with Crippen molar-refractivity contribution >= 4 is 5.52 Å². The van der Waals surface area contributed by atoms with Crippen LogP contribution >= 0.6 is 0 Å². The normalized spacial score (nSPS) is 19.4. The molecule has 4 heterocycles.